The normalized spacial score (nSPS) is 13.5. The van der Waals surface area contributed by atoms with Crippen molar-refractivity contribution in [2.75, 3.05) is 37.7 Å². The van der Waals surface area contributed by atoms with Gasteiger partial charge in [0.1, 0.15) is 11.8 Å². The van der Waals surface area contributed by atoms with E-state index >= 15 is 0 Å². The second kappa shape index (κ2) is 8.82. The van der Waals surface area contributed by atoms with Crippen molar-refractivity contribution in [3.05, 3.63) is 52.9 Å². The van der Waals surface area contributed by atoms with Crippen molar-refractivity contribution in [3.8, 4) is 29.5 Å². The zero-order valence-electron chi connectivity index (χ0n) is 16.2. The third kappa shape index (κ3) is 4.32. The first-order valence-electron chi connectivity index (χ1n) is 9.39. The first-order valence-corrected chi connectivity index (χ1v) is 9.77. The molecule has 0 saturated carbocycles. The SMILES string of the molecule is N#Cc1ccc(OCC(=O)N2CCN(c3oc(-c4ccco4)nc3C#N)CC2)c(Cl)c1. The summed E-state index contributed by atoms with van der Waals surface area (Å²) in [4.78, 5) is 20.3. The highest BCUT2D eigenvalue weighted by Crippen LogP contribution is 2.29. The van der Waals surface area contributed by atoms with Crippen LogP contribution < -0.4 is 9.64 Å². The highest BCUT2D eigenvalue weighted by molar-refractivity contribution is 6.32. The van der Waals surface area contributed by atoms with Crippen LogP contribution >= 0.6 is 11.6 Å². The summed E-state index contributed by atoms with van der Waals surface area (Å²) >= 11 is 6.07. The van der Waals surface area contributed by atoms with Gasteiger partial charge >= 0.3 is 0 Å². The maximum Gasteiger partial charge on any atom is 0.266 e. The monoisotopic (exact) mass is 437 g/mol. The van der Waals surface area contributed by atoms with E-state index in [2.05, 4.69) is 4.98 Å². The Morgan fingerprint density at radius 3 is 2.65 bits per heavy atom. The Kier molecular flexibility index (Phi) is 5.78. The highest BCUT2D eigenvalue weighted by atomic mass is 35.5. The summed E-state index contributed by atoms with van der Waals surface area (Å²) in [5, 5.41) is 18.6. The molecule has 0 radical (unpaired) electrons. The molecule has 1 aliphatic heterocycles. The van der Waals surface area contributed by atoms with Crippen molar-refractivity contribution >= 4 is 23.4 Å². The minimum atomic E-state index is -0.186. The summed E-state index contributed by atoms with van der Waals surface area (Å²) < 4.78 is 16.5. The first-order chi connectivity index (χ1) is 15.1. The Balaban J connectivity index is 1.35. The van der Waals surface area contributed by atoms with Crippen LogP contribution in [0.5, 0.6) is 5.75 Å². The van der Waals surface area contributed by atoms with Gasteiger partial charge in [-0.05, 0) is 30.3 Å². The topological polar surface area (TPSA) is 120 Å². The number of anilines is 1. The lowest BCUT2D eigenvalue weighted by Crippen LogP contribution is -2.50. The molecule has 0 spiro atoms. The fraction of sp³-hybridized carbons (Fsp3) is 0.238. The van der Waals surface area contributed by atoms with Gasteiger partial charge in [-0.15, -0.1) is 0 Å². The van der Waals surface area contributed by atoms with Crippen molar-refractivity contribution in [2.45, 2.75) is 0 Å². The van der Waals surface area contributed by atoms with Crippen LogP contribution in [-0.2, 0) is 4.79 Å². The third-order valence-corrected chi connectivity index (χ3v) is 5.07. The number of hydrogen-bond acceptors (Lipinski definition) is 8. The molecule has 1 aromatic carbocycles. The van der Waals surface area contributed by atoms with Gasteiger partial charge in [0.05, 0.1) is 22.9 Å². The number of hydrogen-bond donors (Lipinski definition) is 0. The molecule has 1 fully saturated rings. The molecule has 3 aromatic rings. The van der Waals surface area contributed by atoms with Gasteiger partial charge in [-0.3, -0.25) is 4.79 Å². The predicted octanol–water partition coefficient (Wildman–Crippen LogP) is 3.06. The van der Waals surface area contributed by atoms with E-state index in [4.69, 9.17) is 30.4 Å². The van der Waals surface area contributed by atoms with Gasteiger partial charge in [0.25, 0.3) is 11.8 Å². The third-order valence-electron chi connectivity index (χ3n) is 4.78. The molecule has 0 atom stereocenters. The van der Waals surface area contributed by atoms with Crippen molar-refractivity contribution in [3.63, 3.8) is 0 Å². The zero-order chi connectivity index (χ0) is 21.8. The Labute approximate surface area is 182 Å². The van der Waals surface area contributed by atoms with E-state index in [9.17, 15) is 10.1 Å². The summed E-state index contributed by atoms with van der Waals surface area (Å²) in [7, 11) is 0. The molecular weight excluding hydrogens is 422 g/mol. The number of piperazine rings is 1. The van der Waals surface area contributed by atoms with Crippen LogP contribution in [0.2, 0.25) is 5.02 Å². The number of nitriles is 2. The lowest BCUT2D eigenvalue weighted by Gasteiger charge is -2.34. The molecule has 31 heavy (non-hydrogen) atoms. The van der Waals surface area contributed by atoms with E-state index in [1.54, 1.807) is 29.2 Å². The molecule has 2 aromatic heterocycles. The summed E-state index contributed by atoms with van der Waals surface area (Å²) in [6.45, 7) is 1.66. The van der Waals surface area contributed by atoms with E-state index in [-0.39, 0.29) is 29.1 Å². The second-order valence-electron chi connectivity index (χ2n) is 6.68. The average Bonchev–Trinajstić information content (AvgIpc) is 3.48. The maximum atomic E-state index is 12.5. The number of carbonyl (C=O) groups is 1. The standard InChI is InChI=1S/C21H16ClN5O4/c22-15-10-14(11-23)3-4-17(15)30-13-19(28)26-5-7-27(8-6-26)21-16(12-24)25-20(31-21)18-2-1-9-29-18/h1-4,9-10H,5-8,13H2. The van der Waals surface area contributed by atoms with Gasteiger partial charge < -0.3 is 23.4 Å². The van der Waals surface area contributed by atoms with Crippen molar-refractivity contribution < 1.29 is 18.4 Å². The molecule has 0 aliphatic carbocycles. The molecule has 4 rings (SSSR count). The number of aromatic nitrogens is 1. The molecule has 9 nitrogen and oxygen atoms in total. The molecule has 1 aliphatic rings. The first kappa shape index (κ1) is 20.3. The van der Waals surface area contributed by atoms with Crippen LogP contribution in [-0.4, -0.2) is 48.6 Å². The summed E-state index contributed by atoms with van der Waals surface area (Å²) in [5.74, 6) is 1.20. The van der Waals surface area contributed by atoms with Crippen LogP contribution in [0, 0.1) is 22.7 Å². The number of ether oxygens (including phenoxy) is 1. The average molecular weight is 438 g/mol. The molecule has 1 saturated heterocycles. The predicted molar refractivity (Wildman–Crippen MR) is 109 cm³/mol. The van der Waals surface area contributed by atoms with Gasteiger partial charge in [0.2, 0.25) is 11.6 Å². The van der Waals surface area contributed by atoms with Gasteiger partial charge in [-0.1, -0.05) is 11.6 Å². The number of rotatable bonds is 5. The minimum absolute atomic E-state index is 0.167. The Bertz CT molecular complexity index is 1170. The molecule has 0 unspecified atom stereocenters. The van der Waals surface area contributed by atoms with Crippen molar-refractivity contribution in [1.29, 1.82) is 10.5 Å². The van der Waals surface area contributed by atoms with Gasteiger partial charge in [0, 0.05) is 26.2 Å². The molecule has 156 valence electrons. The van der Waals surface area contributed by atoms with Gasteiger partial charge in [-0.25, -0.2) is 0 Å². The quantitative estimate of drug-likeness (QED) is 0.597. The van der Waals surface area contributed by atoms with Gasteiger partial charge in [0.15, 0.2) is 12.4 Å². The fourth-order valence-corrected chi connectivity index (χ4v) is 3.42. The number of halogens is 1. The number of nitrogens with zero attached hydrogens (tertiary/aromatic N) is 5. The molecule has 0 N–H and O–H groups in total. The Morgan fingerprint density at radius 1 is 1.19 bits per heavy atom. The summed E-state index contributed by atoms with van der Waals surface area (Å²) in [6.07, 6.45) is 1.50. The highest BCUT2D eigenvalue weighted by Gasteiger charge is 2.27. The second-order valence-corrected chi connectivity index (χ2v) is 7.08. The number of benzene rings is 1. The van der Waals surface area contributed by atoms with Gasteiger partial charge in [-0.2, -0.15) is 15.5 Å². The Hall–Kier alpha value is -3.95. The number of amides is 1. The van der Waals surface area contributed by atoms with E-state index in [1.807, 2.05) is 17.0 Å². The number of furan rings is 1. The van der Waals surface area contributed by atoms with Crippen LogP contribution in [0.1, 0.15) is 11.3 Å². The maximum absolute atomic E-state index is 12.5. The summed E-state index contributed by atoms with van der Waals surface area (Å²) in [6, 6.07) is 12.1. The largest absolute Gasteiger partial charge is 0.482 e. The Morgan fingerprint density at radius 2 is 2.00 bits per heavy atom. The summed E-state index contributed by atoms with van der Waals surface area (Å²) in [5.41, 5.74) is 0.587. The smallest absolute Gasteiger partial charge is 0.266 e. The fourth-order valence-electron chi connectivity index (χ4n) is 3.18. The number of oxazole rings is 1. The minimum Gasteiger partial charge on any atom is -0.482 e. The van der Waals surface area contributed by atoms with E-state index in [0.717, 1.165) is 0 Å². The lowest BCUT2D eigenvalue weighted by molar-refractivity contribution is -0.133. The van der Waals surface area contributed by atoms with E-state index in [1.165, 1.54) is 12.3 Å². The van der Waals surface area contributed by atoms with Crippen molar-refractivity contribution in [2.24, 2.45) is 0 Å². The molecule has 0 bridgehead atoms. The van der Waals surface area contributed by atoms with E-state index < -0.39 is 0 Å². The molecule has 3 heterocycles. The van der Waals surface area contributed by atoms with Crippen LogP contribution in [0.3, 0.4) is 0 Å². The molecule has 10 heteroatoms. The van der Waals surface area contributed by atoms with Crippen LogP contribution in [0.4, 0.5) is 5.88 Å². The van der Waals surface area contributed by atoms with Crippen LogP contribution in [0.15, 0.2) is 45.4 Å². The number of carbonyl (C=O) groups excluding carboxylic acids is 1. The van der Waals surface area contributed by atoms with E-state index in [0.29, 0.717) is 49.1 Å². The lowest BCUT2D eigenvalue weighted by atomic mass is 10.2. The zero-order valence-corrected chi connectivity index (χ0v) is 17.0. The van der Waals surface area contributed by atoms with Crippen molar-refractivity contribution in [1.82, 2.24) is 9.88 Å². The van der Waals surface area contributed by atoms with Crippen LogP contribution in [0.25, 0.3) is 11.7 Å². The molecule has 1 amide bonds. The molecular formula is C21H16ClN5O4.